The second-order valence-electron chi connectivity index (χ2n) is 4.22. The van der Waals surface area contributed by atoms with Gasteiger partial charge in [-0.3, -0.25) is 4.79 Å². The largest absolute Gasteiger partial charge is 0.506 e. The van der Waals surface area contributed by atoms with Crippen molar-refractivity contribution in [2.24, 2.45) is 0 Å². The summed E-state index contributed by atoms with van der Waals surface area (Å²) in [4.78, 5) is 12.0. The van der Waals surface area contributed by atoms with E-state index in [9.17, 15) is 9.90 Å². The smallest absolute Gasteiger partial charge is 0.265 e. The highest BCUT2D eigenvalue weighted by Gasteiger charge is 2.16. The molecule has 4 nitrogen and oxygen atoms in total. The van der Waals surface area contributed by atoms with Gasteiger partial charge < -0.3 is 15.2 Å². The molecule has 20 heavy (non-hydrogen) atoms. The van der Waals surface area contributed by atoms with Crippen LogP contribution in [0.5, 0.6) is 11.5 Å². The Morgan fingerprint density at radius 3 is 2.50 bits per heavy atom. The minimum atomic E-state index is -0.671. The molecule has 1 unspecified atom stereocenters. The van der Waals surface area contributed by atoms with Crippen molar-refractivity contribution < 1.29 is 14.6 Å². The van der Waals surface area contributed by atoms with E-state index in [1.165, 1.54) is 6.07 Å². The summed E-state index contributed by atoms with van der Waals surface area (Å²) in [5.74, 6) is 0.305. The number of carbonyl (C=O) groups is 1. The highest BCUT2D eigenvalue weighted by Crippen LogP contribution is 2.22. The topological polar surface area (TPSA) is 58.6 Å². The number of nitrogens with one attached hydrogen (secondary N) is 1. The Morgan fingerprint density at radius 2 is 1.85 bits per heavy atom. The van der Waals surface area contributed by atoms with Crippen LogP contribution < -0.4 is 10.1 Å². The molecule has 0 saturated heterocycles. The molecule has 5 heteroatoms. The van der Waals surface area contributed by atoms with E-state index in [0.29, 0.717) is 11.4 Å². The fraction of sp³-hybridized carbons (Fsp3) is 0.133. The second kappa shape index (κ2) is 6.43. The van der Waals surface area contributed by atoms with Crippen molar-refractivity contribution in [1.29, 1.82) is 0 Å². The van der Waals surface area contributed by atoms with E-state index in [4.69, 9.17) is 4.74 Å². The lowest BCUT2D eigenvalue weighted by atomic mass is 10.2. The lowest BCUT2D eigenvalue weighted by molar-refractivity contribution is -0.122. The van der Waals surface area contributed by atoms with E-state index in [1.807, 2.05) is 12.1 Å². The predicted octanol–water partition coefficient (Wildman–Crippen LogP) is 3.56. The summed E-state index contributed by atoms with van der Waals surface area (Å²) in [5, 5.41) is 12.2. The summed E-state index contributed by atoms with van der Waals surface area (Å²) in [6.07, 6.45) is -0.671. The van der Waals surface area contributed by atoms with Gasteiger partial charge >= 0.3 is 0 Å². The van der Waals surface area contributed by atoms with Gasteiger partial charge in [0.25, 0.3) is 5.91 Å². The van der Waals surface area contributed by atoms with E-state index in [0.717, 1.165) is 4.47 Å². The third-order valence-corrected chi connectivity index (χ3v) is 3.19. The van der Waals surface area contributed by atoms with Crippen LogP contribution in [0.4, 0.5) is 5.69 Å². The molecule has 0 aliphatic carbocycles. The minimum absolute atomic E-state index is 0.0247. The van der Waals surface area contributed by atoms with E-state index in [2.05, 4.69) is 21.2 Å². The zero-order valence-corrected chi connectivity index (χ0v) is 12.4. The van der Waals surface area contributed by atoms with Gasteiger partial charge in [0, 0.05) is 4.47 Å². The molecule has 2 N–H and O–H groups in total. The van der Waals surface area contributed by atoms with Gasteiger partial charge in [0.05, 0.1) is 5.69 Å². The molecule has 1 atom stereocenters. The average Bonchev–Trinajstić information content (AvgIpc) is 2.44. The molecule has 104 valence electrons. The van der Waals surface area contributed by atoms with Crippen molar-refractivity contribution >= 4 is 27.5 Å². The van der Waals surface area contributed by atoms with Crippen LogP contribution in [0.15, 0.2) is 53.0 Å². The lowest BCUT2D eigenvalue weighted by Crippen LogP contribution is -2.30. The van der Waals surface area contributed by atoms with Crippen LogP contribution in [0.25, 0.3) is 0 Å². The molecule has 2 aromatic rings. The van der Waals surface area contributed by atoms with Crippen LogP contribution >= 0.6 is 15.9 Å². The zero-order chi connectivity index (χ0) is 14.5. The number of aromatic hydroxyl groups is 1. The number of halogens is 1. The molecule has 0 heterocycles. The number of hydrogen-bond donors (Lipinski definition) is 2. The molecule has 0 aromatic heterocycles. The number of benzene rings is 2. The molecule has 0 spiro atoms. The zero-order valence-electron chi connectivity index (χ0n) is 10.8. The number of carbonyl (C=O) groups excluding carboxylic acids is 1. The number of anilines is 1. The standard InChI is InChI=1S/C15H14BrNO3/c1-10(20-12-8-6-11(16)7-9-12)15(19)17-13-4-2-3-5-14(13)18/h2-10,18H,1H3,(H,17,19). The Bertz CT molecular complexity index is 598. The van der Waals surface area contributed by atoms with Gasteiger partial charge in [0.1, 0.15) is 11.5 Å². The molecule has 2 rings (SSSR count). The van der Waals surface area contributed by atoms with Crippen LogP contribution in [0.3, 0.4) is 0 Å². The quantitative estimate of drug-likeness (QED) is 0.840. The first-order valence-electron chi connectivity index (χ1n) is 6.07. The van der Waals surface area contributed by atoms with Crippen LogP contribution in [-0.2, 0) is 4.79 Å². The van der Waals surface area contributed by atoms with Crippen molar-refractivity contribution in [3.8, 4) is 11.5 Å². The highest BCUT2D eigenvalue weighted by molar-refractivity contribution is 9.10. The maximum Gasteiger partial charge on any atom is 0.265 e. The number of amides is 1. The van der Waals surface area contributed by atoms with Gasteiger partial charge in [0.2, 0.25) is 0 Å². The van der Waals surface area contributed by atoms with Gasteiger partial charge in [-0.05, 0) is 43.3 Å². The van der Waals surface area contributed by atoms with Gasteiger partial charge in [-0.25, -0.2) is 0 Å². The van der Waals surface area contributed by atoms with E-state index < -0.39 is 6.10 Å². The van der Waals surface area contributed by atoms with E-state index in [-0.39, 0.29) is 11.7 Å². The van der Waals surface area contributed by atoms with E-state index >= 15 is 0 Å². The molecule has 0 fully saturated rings. The first-order valence-corrected chi connectivity index (χ1v) is 6.86. The van der Waals surface area contributed by atoms with Crippen molar-refractivity contribution in [3.63, 3.8) is 0 Å². The van der Waals surface area contributed by atoms with E-state index in [1.54, 1.807) is 37.3 Å². The van der Waals surface area contributed by atoms with Crippen LogP contribution in [0.2, 0.25) is 0 Å². The summed E-state index contributed by atoms with van der Waals surface area (Å²) in [6, 6.07) is 13.8. The van der Waals surface area contributed by atoms with Crippen molar-refractivity contribution in [2.45, 2.75) is 13.0 Å². The first-order chi connectivity index (χ1) is 9.56. The fourth-order valence-electron chi connectivity index (χ4n) is 1.58. The van der Waals surface area contributed by atoms with Gasteiger partial charge in [0.15, 0.2) is 6.10 Å². The molecule has 0 radical (unpaired) electrons. The van der Waals surface area contributed by atoms with Crippen LogP contribution in [0.1, 0.15) is 6.92 Å². The van der Waals surface area contributed by atoms with Gasteiger partial charge in [-0.1, -0.05) is 28.1 Å². The first kappa shape index (κ1) is 14.4. The van der Waals surface area contributed by atoms with Gasteiger partial charge in [-0.2, -0.15) is 0 Å². The molecule has 0 aliphatic rings. The molecule has 0 bridgehead atoms. The number of ether oxygens (including phenoxy) is 1. The molecular formula is C15H14BrNO3. The van der Waals surface area contributed by atoms with Crippen molar-refractivity contribution in [2.75, 3.05) is 5.32 Å². The molecule has 1 amide bonds. The van der Waals surface area contributed by atoms with Gasteiger partial charge in [-0.15, -0.1) is 0 Å². The predicted molar refractivity (Wildman–Crippen MR) is 81.0 cm³/mol. The molecule has 2 aromatic carbocycles. The maximum atomic E-state index is 12.0. The Kier molecular flexibility index (Phi) is 4.63. The Hall–Kier alpha value is -2.01. The van der Waals surface area contributed by atoms with Crippen molar-refractivity contribution in [3.05, 3.63) is 53.0 Å². The minimum Gasteiger partial charge on any atom is -0.506 e. The Labute approximate surface area is 125 Å². The number of hydrogen-bond acceptors (Lipinski definition) is 3. The SMILES string of the molecule is CC(Oc1ccc(Br)cc1)C(=O)Nc1ccccc1O. The summed E-state index contributed by atoms with van der Waals surface area (Å²) < 4.78 is 6.47. The van der Waals surface area contributed by atoms with Crippen molar-refractivity contribution in [1.82, 2.24) is 0 Å². The van der Waals surface area contributed by atoms with Crippen LogP contribution in [0, 0.1) is 0 Å². The Morgan fingerprint density at radius 1 is 1.20 bits per heavy atom. The fourth-order valence-corrected chi connectivity index (χ4v) is 1.85. The third kappa shape index (κ3) is 3.74. The number of para-hydroxylation sites is 2. The lowest BCUT2D eigenvalue weighted by Gasteiger charge is -2.15. The molecule has 0 aliphatic heterocycles. The normalized spacial score (nSPS) is 11.7. The summed E-state index contributed by atoms with van der Waals surface area (Å²) in [6.45, 7) is 1.65. The second-order valence-corrected chi connectivity index (χ2v) is 5.14. The number of phenolic OH excluding ortho intramolecular Hbond substituents is 1. The summed E-state index contributed by atoms with van der Waals surface area (Å²) in [7, 11) is 0. The maximum absolute atomic E-state index is 12.0. The summed E-state index contributed by atoms with van der Waals surface area (Å²) in [5.41, 5.74) is 0.365. The van der Waals surface area contributed by atoms with Crippen LogP contribution in [-0.4, -0.2) is 17.1 Å². The summed E-state index contributed by atoms with van der Waals surface area (Å²) >= 11 is 3.33. The third-order valence-electron chi connectivity index (χ3n) is 2.66. The monoisotopic (exact) mass is 335 g/mol. The molecular weight excluding hydrogens is 322 g/mol. The molecule has 0 saturated carbocycles. The number of rotatable bonds is 4. The Balaban J connectivity index is 1.99. The average molecular weight is 336 g/mol. The highest BCUT2D eigenvalue weighted by atomic mass is 79.9. The number of phenols is 1.